The van der Waals surface area contributed by atoms with Gasteiger partial charge in [0.05, 0.1) is 6.04 Å². The Morgan fingerprint density at radius 1 is 1.10 bits per heavy atom. The van der Waals surface area contributed by atoms with Gasteiger partial charge in [-0.05, 0) is 30.0 Å². The fourth-order valence-corrected chi connectivity index (χ4v) is 2.32. The van der Waals surface area contributed by atoms with Crippen molar-refractivity contribution in [1.82, 2.24) is 5.32 Å². The summed E-state index contributed by atoms with van der Waals surface area (Å²) in [6.45, 7) is 2.04. The lowest BCUT2D eigenvalue weighted by atomic mass is 10.0. The number of benzene rings is 2. The van der Waals surface area contributed by atoms with Crippen LogP contribution >= 0.6 is 0 Å². The van der Waals surface area contributed by atoms with Gasteiger partial charge in [0.1, 0.15) is 5.82 Å². The van der Waals surface area contributed by atoms with Gasteiger partial charge in [0.25, 0.3) is 0 Å². The molecule has 2 rings (SSSR count). The summed E-state index contributed by atoms with van der Waals surface area (Å²) in [5.74, 6) is -0.297. The van der Waals surface area contributed by atoms with Crippen LogP contribution in [0.5, 0.6) is 0 Å². The van der Waals surface area contributed by atoms with Crippen LogP contribution < -0.4 is 5.32 Å². The molecule has 0 fully saturated rings. The van der Waals surface area contributed by atoms with Crippen LogP contribution in [0.2, 0.25) is 0 Å². The van der Waals surface area contributed by atoms with Gasteiger partial charge in [-0.2, -0.15) is 0 Å². The van der Waals surface area contributed by atoms with Crippen molar-refractivity contribution in [2.24, 2.45) is 0 Å². The predicted octanol–water partition coefficient (Wildman–Crippen LogP) is 4.03. The van der Waals surface area contributed by atoms with Crippen LogP contribution in [-0.2, 0) is 11.2 Å². The third kappa shape index (κ3) is 4.42. The van der Waals surface area contributed by atoms with Crippen LogP contribution in [0.4, 0.5) is 4.39 Å². The van der Waals surface area contributed by atoms with E-state index in [1.54, 1.807) is 18.2 Å². The first-order valence-corrected chi connectivity index (χ1v) is 7.28. The maximum absolute atomic E-state index is 13.5. The van der Waals surface area contributed by atoms with E-state index in [0.717, 1.165) is 12.0 Å². The predicted molar refractivity (Wildman–Crippen MR) is 82.3 cm³/mol. The molecule has 3 heteroatoms. The Labute approximate surface area is 125 Å². The van der Waals surface area contributed by atoms with Gasteiger partial charge >= 0.3 is 0 Å². The third-order valence-electron chi connectivity index (χ3n) is 3.52. The summed E-state index contributed by atoms with van der Waals surface area (Å²) in [7, 11) is 0. The molecular weight excluding hydrogens is 265 g/mol. The summed E-state index contributed by atoms with van der Waals surface area (Å²) in [6, 6.07) is 16.5. The molecule has 1 amide bonds. The lowest BCUT2D eigenvalue weighted by Crippen LogP contribution is -2.28. The van der Waals surface area contributed by atoms with Crippen LogP contribution in [0.25, 0.3) is 0 Å². The molecule has 0 aliphatic rings. The van der Waals surface area contributed by atoms with E-state index in [9.17, 15) is 9.18 Å². The molecule has 0 heterocycles. The van der Waals surface area contributed by atoms with E-state index in [1.807, 2.05) is 37.3 Å². The minimum Gasteiger partial charge on any atom is -0.349 e. The minimum atomic E-state index is -0.250. The van der Waals surface area contributed by atoms with Crippen LogP contribution in [0.1, 0.15) is 36.9 Å². The Kier molecular flexibility index (Phi) is 5.50. The summed E-state index contributed by atoms with van der Waals surface area (Å²) in [6.07, 6.45) is 1.55. The van der Waals surface area contributed by atoms with Crippen molar-refractivity contribution in [1.29, 1.82) is 0 Å². The highest BCUT2D eigenvalue weighted by Gasteiger charge is 2.12. The van der Waals surface area contributed by atoms with Gasteiger partial charge in [0.15, 0.2) is 0 Å². The molecule has 2 aromatic rings. The standard InChI is InChI=1S/C18H20FNO/c1-2-17(15-9-4-3-5-10-15)20-18(21)13-12-14-8-6-7-11-16(14)19/h3-11,17H,2,12-13H2,1H3,(H,20,21). The average Bonchev–Trinajstić information content (AvgIpc) is 2.52. The van der Waals surface area contributed by atoms with E-state index in [2.05, 4.69) is 5.32 Å². The van der Waals surface area contributed by atoms with E-state index in [0.29, 0.717) is 18.4 Å². The highest BCUT2D eigenvalue weighted by atomic mass is 19.1. The average molecular weight is 285 g/mol. The van der Waals surface area contributed by atoms with Crippen LogP contribution in [0.3, 0.4) is 0 Å². The summed E-state index contributed by atoms with van der Waals surface area (Å²) in [5, 5.41) is 3.01. The first kappa shape index (κ1) is 15.2. The van der Waals surface area contributed by atoms with E-state index in [-0.39, 0.29) is 17.8 Å². The highest BCUT2D eigenvalue weighted by Crippen LogP contribution is 2.16. The smallest absolute Gasteiger partial charge is 0.220 e. The fourth-order valence-electron chi connectivity index (χ4n) is 2.32. The Morgan fingerprint density at radius 3 is 2.43 bits per heavy atom. The van der Waals surface area contributed by atoms with Crippen molar-refractivity contribution in [2.45, 2.75) is 32.2 Å². The Bertz CT molecular complexity index is 583. The number of carbonyl (C=O) groups excluding carboxylic acids is 1. The number of hydrogen-bond donors (Lipinski definition) is 1. The maximum Gasteiger partial charge on any atom is 0.220 e. The highest BCUT2D eigenvalue weighted by molar-refractivity contribution is 5.76. The van der Waals surface area contributed by atoms with Crippen molar-refractivity contribution in [3.63, 3.8) is 0 Å². The van der Waals surface area contributed by atoms with Gasteiger partial charge in [0.2, 0.25) is 5.91 Å². The second-order valence-electron chi connectivity index (χ2n) is 5.03. The maximum atomic E-state index is 13.5. The number of amides is 1. The van der Waals surface area contributed by atoms with Crippen LogP contribution in [-0.4, -0.2) is 5.91 Å². The Hall–Kier alpha value is -2.16. The summed E-state index contributed by atoms with van der Waals surface area (Å²) >= 11 is 0. The summed E-state index contributed by atoms with van der Waals surface area (Å²) in [4.78, 5) is 12.0. The molecule has 1 N–H and O–H groups in total. The second-order valence-corrected chi connectivity index (χ2v) is 5.03. The zero-order valence-electron chi connectivity index (χ0n) is 12.2. The number of carbonyl (C=O) groups is 1. The first-order valence-electron chi connectivity index (χ1n) is 7.28. The molecule has 0 saturated heterocycles. The number of nitrogens with one attached hydrogen (secondary N) is 1. The number of halogens is 1. The minimum absolute atomic E-state index is 0.0133. The second kappa shape index (κ2) is 7.58. The number of hydrogen-bond acceptors (Lipinski definition) is 1. The fraction of sp³-hybridized carbons (Fsp3) is 0.278. The van der Waals surface area contributed by atoms with Gasteiger partial charge in [-0.3, -0.25) is 4.79 Å². The molecule has 1 unspecified atom stereocenters. The van der Waals surface area contributed by atoms with Crippen molar-refractivity contribution < 1.29 is 9.18 Å². The first-order chi connectivity index (χ1) is 10.2. The number of aryl methyl sites for hydroxylation is 1. The van der Waals surface area contributed by atoms with Gasteiger partial charge in [-0.25, -0.2) is 4.39 Å². The van der Waals surface area contributed by atoms with E-state index in [1.165, 1.54) is 6.07 Å². The van der Waals surface area contributed by atoms with Crippen molar-refractivity contribution in [3.05, 3.63) is 71.5 Å². The number of rotatable bonds is 6. The molecule has 0 bridgehead atoms. The zero-order chi connectivity index (χ0) is 15.1. The molecular formula is C18H20FNO. The van der Waals surface area contributed by atoms with E-state index in [4.69, 9.17) is 0 Å². The van der Waals surface area contributed by atoms with Gasteiger partial charge in [0, 0.05) is 6.42 Å². The molecule has 2 nitrogen and oxygen atoms in total. The summed E-state index contributed by atoms with van der Waals surface area (Å²) in [5.41, 5.74) is 1.68. The molecule has 0 aromatic heterocycles. The lowest BCUT2D eigenvalue weighted by Gasteiger charge is -2.17. The van der Waals surface area contributed by atoms with Crippen molar-refractivity contribution in [3.8, 4) is 0 Å². The molecule has 110 valence electrons. The molecule has 0 aliphatic heterocycles. The Morgan fingerprint density at radius 2 is 1.76 bits per heavy atom. The van der Waals surface area contributed by atoms with Gasteiger partial charge < -0.3 is 5.32 Å². The van der Waals surface area contributed by atoms with Crippen molar-refractivity contribution in [2.75, 3.05) is 0 Å². The van der Waals surface area contributed by atoms with E-state index >= 15 is 0 Å². The largest absolute Gasteiger partial charge is 0.349 e. The quantitative estimate of drug-likeness (QED) is 0.853. The van der Waals surface area contributed by atoms with Gasteiger partial charge in [-0.15, -0.1) is 0 Å². The zero-order valence-corrected chi connectivity index (χ0v) is 12.2. The third-order valence-corrected chi connectivity index (χ3v) is 3.52. The van der Waals surface area contributed by atoms with Crippen LogP contribution in [0.15, 0.2) is 54.6 Å². The van der Waals surface area contributed by atoms with E-state index < -0.39 is 0 Å². The molecule has 1 atom stereocenters. The lowest BCUT2D eigenvalue weighted by molar-refractivity contribution is -0.121. The molecule has 0 radical (unpaired) electrons. The molecule has 0 aliphatic carbocycles. The van der Waals surface area contributed by atoms with Crippen LogP contribution in [0, 0.1) is 5.82 Å². The topological polar surface area (TPSA) is 29.1 Å². The normalized spacial score (nSPS) is 11.9. The molecule has 2 aromatic carbocycles. The monoisotopic (exact) mass is 285 g/mol. The molecule has 21 heavy (non-hydrogen) atoms. The summed E-state index contributed by atoms with van der Waals surface area (Å²) < 4.78 is 13.5. The molecule has 0 spiro atoms. The van der Waals surface area contributed by atoms with Gasteiger partial charge in [-0.1, -0.05) is 55.5 Å². The van der Waals surface area contributed by atoms with Crippen molar-refractivity contribution >= 4 is 5.91 Å². The Balaban J connectivity index is 1.90. The molecule has 0 saturated carbocycles. The SMILES string of the molecule is CCC(NC(=O)CCc1ccccc1F)c1ccccc1.